The van der Waals surface area contributed by atoms with Crippen LogP contribution in [0.4, 0.5) is 5.69 Å². The second-order valence-electron chi connectivity index (χ2n) is 4.15. The van der Waals surface area contributed by atoms with Crippen molar-refractivity contribution in [2.24, 2.45) is 0 Å². The third kappa shape index (κ3) is 3.44. The van der Waals surface area contributed by atoms with Gasteiger partial charge in [-0.1, -0.05) is 6.92 Å². The largest absolute Gasteiger partial charge is 0.382 e. The topological polar surface area (TPSA) is 75.6 Å². The van der Waals surface area contributed by atoms with Gasteiger partial charge < -0.3 is 10.3 Å². The van der Waals surface area contributed by atoms with E-state index in [0.717, 1.165) is 24.2 Å². The van der Waals surface area contributed by atoms with Crippen LogP contribution in [0.5, 0.6) is 0 Å². The van der Waals surface area contributed by atoms with Crippen LogP contribution in [-0.2, 0) is 13.0 Å². The second-order valence-corrected chi connectivity index (χ2v) is 4.95. The molecule has 6 nitrogen and oxygen atoms in total. The van der Waals surface area contributed by atoms with Crippen molar-refractivity contribution in [2.45, 2.75) is 26.3 Å². The molecule has 0 atom stereocenters. The van der Waals surface area contributed by atoms with Crippen molar-refractivity contribution < 1.29 is 0 Å². The SMILES string of the molecule is CCCn1ncc(NCCc2cnc[nH]2)c(Br)c1=O. The molecule has 2 N–H and O–H groups in total. The fourth-order valence-electron chi connectivity index (χ4n) is 1.71. The first-order valence-electron chi connectivity index (χ1n) is 6.19. The lowest BCUT2D eigenvalue weighted by atomic mass is 10.3. The number of aryl methyl sites for hydroxylation is 1. The molecule has 102 valence electrons. The Morgan fingerprint density at radius 1 is 1.47 bits per heavy atom. The minimum Gasteiger partial charge on any atom is -0.382 e. The van der Waals surface area contributed by atoms with Crippen LogP contribution < -0.4 is 10.9 Å². The summed E-state index contributed by atoms with van der Waals surface area (Å²) in [6.45, 7) is 3.35. The first-order valence-corrected chi connectivity index (χ1v) is 6.98. The Labute approximate surface area is 119 Å². The fourth-order valence-corrected chi connectivity index (χ4v) is 2.16. The quantitative estimate of drug-likeness (QED) is 0.849. The number of rotatable bonds is 6. The van der Waals surface area contributed by atoms with Gasteiger partial charge in [0.05, 0.1) is 18.2 Å². The van der Waals surface area contributed by atoms with Gasteiger partial charge in [0.15, 0.2) is 0 Å². The number of hydrogen-bond acceptors (Lipinski definition) is 4. The Morgan fingerprint density at radius 2 is 2.32 bits per heavy atom. The molecule has 0 unspecified atom stereocenters. The smallest absolute Gasteiger partial charge is 0.283 e. The summed E-state index contributed by atoms with van der Waals surface area (Å²) < 4.78 is 1.99. The van der Waals surface area contributed by atoms with Gasteiger partial charge in [-0.2, -0.15) is 5.10 Å². The Balaban J connectivity index is 2.01. The number of aromatic amines is 1. The molecule has 7 heteroatoms. The lowest BCUT2D eigenvalue weighted by molar-refractivity contribution is 0.566. The second kappa shape index (κ2) is 6.51. The fraction of sp³-hybridized carbons (Fsp3) is 0.417. The summed E-state index contributed by atoms with van der Waals surface area (Å²) in [7, 11) is 0. The number of nitrogens with one attached hydrogen (secondary N) is 2. The summed E-state index contributed by atoms with van der Waals surface area (Å²) in [5.41, 5.74) is 1.67. The van der Waals surface area contributed by atoms with E-state index in [0.29, 0.717) is 17.6 Å². The maximum absolute atomic E-state index is 12.0. The molecule has 2 heterocycles. The minimum absolute atomic E-state index is 0.103. The van der Waals surface area contributed by atoms with Gasteiger partial charge >= 0.3 is 0 Å². The number of nitrogens with zero attached hydrogens (tertiary/aromatic N) is 3. The van der Waals surface area contributed by atoms with Gasteiger partial charge in [-0.15, -0.1) is 0 Å². The Bertz CT molecular complexity index is 578. The van der Waals surface area contributed by atoms with Crippen molar-refractivity contribution in [1.29, 1.82) is 0 Å². The Hall–Kier alpha value is -1.63. The zero-order valence-electron chi connectivity index (χ0n) is 10.7. The molecule has 0 saturated carbocycles. The van der Waals surface area contributed by atoms with E-state index in [4.69, 9.17) is 0 Å². The van der Waals surface area contributed by atoms with E-state index < -0.39 is 0 Å². The molecule has 0 fully saturated rings. The van der Waals surface area contributed by atoms with E-state index in [1.54, 1.807) is 18.7 Å². The van der Waals surface area contributed by atoms with Gasteiger partial charge in [0.1, 0.15) is 4.47 Å². The minimum atomic E-state index is -0.103. The maximum atomic E-state index is 12.0. The number of imidazole rings is 1. The molecule has 2 aromatic heterocycles. The summed E-state index contributed by atoms with van der Waals surface area (Å²) in [6.07, 6.45) is 6.80. The van der Waals surface area contributed by atoms with Gasteiger partial charge in [-0.05, 0) is 22.4 Å². The third-order valence-corrected chi connectivity index (χ3v) is 3.45. The summed E-state index contributed by atoms with van der Waals surface area (Å²) in [5.74, 6) is 0. The van der Waals surface area contributed by atoms with Crippen LogP contribution in [-0.4, -0.2) is 26.3 Å². The number of hydrogen-bond donors (Lipinski definition) is 2. The summed E-state index contributed by atoms with van der Waals surface area (Å²) in [5, 5.41) is 7.33. The van der Waals surface area contributed by atoms with Gasteiger partial charge in [0.2, 0.25) is 0 Å². The van der Waals surface area contributed by atoms with E-state index in [-0.39, 0.29) is 5.56 Å². The molecule has 0 aromatic carbocycles. The highest BCUT2D eigenvalue weighted by atomic mass is 79.9. The van der Waals surface area contributed by atoms with Gasteiger partial charge in [0.25, 0.3) is 5.56 Å². The van der Waals surface area contributed by atoms with E-state index in [9.17, 15) is 4.79 Å². The van der Waals surface area contributed by atoms with Crippen LogP contribution in [0.1, 0.15) is 19.0 Å². The lowest BCUT2D eigenvalue weighted by Crippen LogP contribution is -2.24. The highest BCUT2D eigenvalue weighted by molar-refractivity contribution is 9.10. The van der Waals surface area contributed by atoms with Crippen LogP contribution >= 0.6 is 15.9 Å². The van der Waals surface area contributed by atoms with Crippen LogP contribution in [0.25, 0.3) is 0 Å². The van der Waals surface area contributed by atoms with Crippen molar-refractivity contribution in [1.82, 2.24) is 19.7 Å². The number of halogens is 1. The first kappa shape index (κ1) is 13.8. The molecule has 0 aliphatic rings. The van der Waals surface area contributed by atoms with Crippen molar-refractivity contribution in [3.8, 4) is 0 Å². The van der Waals surface area contributed by atoms with Gasteiger partial charge in [-0.25, -0.2) is 9.67 Å². The lowest BCUT2D eigenvalue weighted by Gasteiger charge is -2.09. The average Bonchev–Trinajstić information content (AvgIpc) is 2.91. The molecule has 0 spiro atoms. The molecule has 0 amide bonds. The summed E-state index contributed by atoms with van der Waals surface area (Å²) in [6, 6.07) is 0. The summed E-state index contributed by atoms with van der Waals surface area (Å²) >= 11 is 3.32. The molecule has 0 aliphatic heterocycles. The normalized spacial score (nSPS) is 10.6. The number of anilines is 1. The average molecular weight is 326 g/mol. The van der Waals surface area contributed by atoms with E-state index in [2.05, 4.69) is 36.3 Å². The molecular weight excluding hydrogens is 310 g/mol. The van der Waals surface area contributed by atoms with Crippen molar-refractivity contribution in [2.75, 3.05) is 11.9 Å². The van der Waals surface area contributed by atoms with E-state index in [1.165, 1.54) is 4.68 Å². The van der Waals surface area contributed by atoms with E-state index >= 15 is 0 Å². The van der Waals surface area contributed by atoms with Crippen LogP contribution in [0.3, 0.4) is 0 Å². The molecule has 0 saturated heterocycles. The predicted octanol–water partition coefficient (Wildman–Crippen LogP) is 1.79. The predicted molar refractivity (Wildman–Crippen MR) is 77.3 cm³/mol. The van der Waals surface area contributed by atoms with Crippen LogP contribution in [0.15, 0.2) is 28.0 Å². The highest BCUT2D eigenvalue weighted by Crippen LogP contribution is 2.15. The monoisotopic (exact) mass is 325 g/mol. The van der Waals surface area contributed by atoms with Crippen molar-refractivity contribution >= 4 is 21.6 Å². The maximum Gasteiger partial charge on any atom is 0.283 e. The first-order chi connectivity index (χ1) is 9.22. The molecule has 0 aliphatic carbocycles. The standard InChI is InChI=1S/C12H16BrN5O/c1-2-5-18-12(19)11(13)10(7-17-18)15-4-3-9-6-14-8-16-9/h6-8,15H,2-5H2,1H3,(H,14,16). The molecule has 0 bridgehead atoms. The van der Waals surface area contributed by atoms with Crippen molar-refractivity contribution in [3.63, 3.8) is 0 Å². The number of H-pyrrole nitrogens is 1. The number of aromatic nitrogens is 4. The third-order valence-electron chi connectivity index (χ3n) is 2.68. The molecule has 0 radical (unpaired) electrons. The zero-order valence-corrected chi connectivity index (χ0v) is 12.3. The van der Waals surface area contributed by atoms with Crippen molar-refractivity contribution in [3.05, 3.63) is 39.2 Å². The van der Waals surface area contributed by atoms with Crippen LogP contribution in [0.2, 0.25) is 0 Å². The molecule has 2 aromatic rings. The molecular formula is C12H16BrN5O. The van der Waals surface area contributed by atoms with Crippen LogP contribution in [0, 0.1) is 0 Å². The Kier molecular flexibility index (Phi) is 4.73. The van der Waals surface area contributed by atoms with Gasteiger partial charge in [-0.3, -0.25) is 4.79 Å². The molecule has 2 rings (SSSR count). The zero-order chi connectivity index (χ0) is 13.7. The highest BCUT2D eigenvalue weighted by Gasteiger charge is 2.07. The van der Waals surface area contributed by atoms with E-state index in [1.807, 2.05) is 6.92 Å². The van der Waals surface area contributed by atoms with Gasteiger partial charge in [0, 0.05) is 31.4 Å². The Morgan fingerprint density at radius 3 is 3.00 bits per heavy atom. The summed E-state index contributed by atoms with van der Waals surface area (Å²) in [4.78, 5) is 19.0. The molecule has 19 heavy (non-hydrogen) atoms.